The van der Waals surface area contributed by atoms with Crippen LogP contribution in [0, 0.1) is 0 Å². The van der Waals surface area contributed by atoms with E-state index in [4.69, 9.17) is 10.8 Å². The van der Waals surface area contributed by atoms with E-state index < -0.39 is 12.0 Å². The molecule has 0 saturated heterocycles. The lowest BCUT2D eigenvalue weighted by atomic mass is 10.1. The van der Waals surface area contributed by atoms with Gasteiger partial charge in [0.15, 0.2) is 0 Å². The molecular formula is C12H24N2O3. The highest BCUT2D eigenvalue weighted by Gasteiger charge is 2.26. The average molecular weight is 244 g/mol. The van der Waals surface area contributed by atoms with E-state index in [0.29, 0.717) is 19.5 Å². The summed E-state index contributed by atoms with van der Waals surface area (Å²) in [5.74, 6) is -1.09. The third-order valence-corrected chi connectivity index (χ3v) is 2.75. The summed E-state index contributed by atoms with van der Waals surface area (Å²) < 4.78 is 0. The molecule has 0 spiro atoms. The molecular weight excluding hydrogens is 220 g/mol. The highest BCUT2D eigenvalue weighted by atomic mass is 16.4. The predicted molar refractivity (Wildman–Crippen MR) is 66.6 cm³/mol. The summed E-state index contributed by atoms with van der Waals surface area (Å²) in [7, 11) is 0. The molecule has 1 amide bonds. The number of amides is 1. The van der Waals surface area contributed by atoms with Gasteiger partial charge in [0.25, 0.3) is 0 Å². The van der Waals surface area contributed by atoms with Crippen molar-refractivity contribution in [3.63, 3.8) is 0 Å². The molecule has 0 saturated carbocycles. The van der Waals surface area contributed by atoms with Gasteiger partial charge in [-0.15, -0.1) is 0 Å². The van der Waals surface area contributed by atoms with Gasteiger partial charge in [-0.3, -0.25) is 4.79 Å². The van der Waals surface area contributed by atoms with Crippen molar-refractivity contribution in [3.05, 3.63) is 0 Å². The molecule has 0 rings (SSSR count). The molecule has 5 heteroatoms. The maximum Gasteiger partial charge on any atom is 0.326 e. The quantitative estimate of drug-likeness (QED) is 0.597. The number of hydrogen-bond donors (Lipinski definition) is 2. The van der Waals surface area contributed by atoms with Gasteiger partial charge in [0.2, 0.25) is 5.91 Å². The van der Waals surface area contributed by atoms with Gasteiger partial charge in [0.05, 0.1) is 0 Å². The van der Waals surface area contributed by atoms with Gasteiger partial charge in [0, 0.05) is 13.5 Å². The molecule has 0 bridgehead atoms. The SMILES string of the molecule is CCCCN(C(C)=O)[C@@H](CCCCN)C(=O)O. The van der Waals surface area contributed by atoms with Crippen molar-refractivity contribution in [3.8, 4) is 0 Å². The molecule has 0 aromatic carbocycles. The first-order chi connectivity index (χ1) is 8.04. The van der Waals surface area contributed by atoms with E-state index in [9.17, 15) is 9.59 Å². The Bertz CT molecular complexity index is 244. The zero-order valence-corrected chi connectivity index (χ0v) is 10.8. The molecule has 0 heterocycles. The largest absolute Gasteiger partial charge is 0.480 e. The molecule has 3 N–H and O–H groups in total. The minimum Gasteiger partial charge on any atom is -0.480 e. The van der Waals surface area contributed by atoms with Gasteiger partial charge in [-0.1, -0.05) is 13.3 Å². The number of carbonyl (C=O) groups is 2. The third-order valence-electron chi connectivity index (χ3n) is 2.75. The maximum absolute atomic E-state index is 11.5. The second kappa shape index (κ2) is 8.98. The van der Waals surface area contributed by atoms with Crippen LogP contribution in [0.25, 0.3) is 0 Å². The van der Waals surface area contributed by atoms with Crippen LogP contribution in [-0.2, 0) is 9.59 Å². The Morgan fingerprint density at radius 1 is 1.29 bits per heavy atom. The van der Waals surface area contributed by atoms with Crippen molar-refractivity contribution in [1.29, 1.82) is 0 Å². The number of carboxylic acid groups (broad SMARTS) is 1. The predicted octanol–water partition coefficient (Wildman–Crippen LogP) is 1.22. The van der Waals surface area contributed by atoms with E-state index in [1.165, 1.54) is 11.8 Å². The van der Waals surface area contributed by atoms with Crippen LogP contribution in [0.1, 0.15) is 46.0 Å². The summed E-state index contributed by atoms with van der Waals surface area (Å²) in [6, 6.07) is -0.703. The van der Waals surface area contributed by atoms with Crippen LogP contribution in [0.4, 0.5) is 0 Å². The lowest BCUT2D eigenvalue weighted by Crippen LogP contribution is -2.44. The Balaban J connectivity index is 4.48. The van der Waals surface area contributed by atoms with Crippen LogP contribution in [0.2, 0.25) is 0 Å². The highest BCUT2D eigenvalue weighted by Crippen LogP contribution is 2.11. The van der Waals surface area contributed by atoms with Gasteiger partial charge in [-0.2, -0.15) is 0 Å². The molecule has 17 heavy (non-hydrogen) atoms. The first-order valence-electron chi connectivity index (χ1n) is 6.24. The standard InChI is InChI=1S/C12H24N2O3/c1-3-4-9-14(10(2)15)11(12(16)17)7-5-6-8-13/h11H,3-9,13H2,1-2H3,(H,16,17)/t11-/m0/s1. The Morgan fingerprint density at radius 3 is 2.35 bits per heavy atom. The molecule has 1 atom stereocenters. The average Bonchev–Trinajstić information content (AvgIpc) is 2.26. The van der Waals surface area contributed by atoms with Crippen molar-refractivity contribution < 1.29 is 14.7 Å². The monoisotopic (exact) mass is 244 g/mol. The zero-order chi connectivity index (χ0) is 13.3. The van der Waals surface area contributed by atoms with E-state index in [2.05, 4.69) is 0 Å². The number of carboxylic acids is 1. The van der Waals surface area contributed by atoms with Crippen molar-refractivity contribution in [1.82, 2.24) is 4.90 Å². The van der Waals surface area contributed by atoms with Crippen molar-refractivity contribution in [2.75, 3.05) is 13.1 Å². The van der Waals surface area contributed by atoms with Crippen molar-refractivity contribution in [2.24, 2.45) is 5.73 Å². The van der Waals surface area contributed by atoms with Gasteiger partial charge in [-0.05, 0) is 32.2 Å². The molecule has 5 nitrogen and oxygen atoms in total. The number of unbranched alkanes of at least 4 members (excludes halogenated alkanes) is 2. The third kappa shape index (κ3) is 6.26. The fourth-order valence-corrected chi connectivity index (χ4v) is 1.76. The first kappa shape index (κ1) is 15.9. The minimum absolute atomic E-state index is 0.168. The molecule has 0 aromatic heterocycles. The number of hydrogen-bond acceptors (Lipinski definition) is 3. The molecule has 0 aliphatic heterocycles. The number of nitrogens with zero attached hydrogens (tertiary/aromatic N) is 1. The van der Waals surface area contributed by atoms with E-state index >= 15 is 0 Å². The normalized spacial score (nSPS) is 12.2. The van der Waals surface area contributed by atoms with Gasteiger partial charge in [0.1, 0.15) is 6.04 Å². The second-order valence-electron chi connectivity index (χ2n) is 4.20. The maximum atomic E-state index is 11.5. The molecule has 0 aromatic rings. The van der Waals surface area contributed by atoms with Crippen LogP contribution < -0.4 is 5.73 Å². The lowest BCUT2D eigenvalue weighted by molar-refractivity contribution is -0.149. The molecule has 0 unspecified atom stereocenters. The van der Waals surface area contributed by atoms with E-state index in [1.54, 1.807) is 0 Å². The molecule has 100 valence electrons. The Kier molecular flexibility index (Phi) is 8.40. The van der Waals surface area contributed by atoms with E-state index in [1.807, 2.05) is 6.92 Å². The first-order valence-corrected chi connectivity index (χ1v) is 6.24. The minimum atomic E-state index is -0.923. The number of rotatable bonds is 9. The van der Waals surface area contributed by atoms with Crippen molar-refractivity contribution >= 4 is 11.9 Å². The smallest absolute Gasteiger partial charge is 0.326 e. The van der Waals surface area contributed by atoms with Crippen molar-refractivity contribution in [2.45, 2.75) is 52.0 Å². The Morgan fingerprint density at radius 2 is 1.94 bits per heavy atom. The van der Waals surface area contributed by atoms with E-state index in [-0.39, 0.29) is 5.91 Å². The summed E-state index contributed by atoms with van der Waals surface area (Å²) in [5.41, 5.74) is 5.38. The summed E-state index contributed by atoms with van der Waals surface area (Å²) in [6.07, 6.45) is 3.79. The van der Waals surface area contributed by atoms with Crippen LogP contribution in [0.15, 0.2) is 0 Å². The Hall–Kier alpha value is -1.10. The van der Waals surface area contributed by atoms with Gasteiger partial charge >= 0.3 is 5.97 Å². The summed E-state index contributed by atoms with van der Waals surface area (Å²) in [5, 5.41) is 9.17. The fraction of sp³-hybridized carbons (Fsp3) is 0.833. The van der Waals surface area contributed by atoms with Crippen LogP contribution in [-0.4, -0.2) is 41.0 Å². The van der Waals surface area contributed by atoms with E-state index in [0.717, 1.165) is 25.7 Å². The summed E-state index contributed by atoms with van der Waals surface area (Å²) in [4.78, 5) is 24.1. The topological polar surface area (TPSA) is 83.6 Å². The van der Waals surface area contributed by atoms with Crippen LogP contribution >= 0.6 is 0 Å². The van der Waals surface area contributed by atoms with Crippen LogP contribution in [0.5, 0.6) is 0 Å². The second-order valence-corrected chi connectivity index (χ2v) is 4.20. The summed E-state index contributed by atoms with van der Waals surface area (Å²) >= 11 is 0. The fourth-order valence-electron chi connectivity index (χ4n) is 1.76. The number of carbonyl (C=O) groups excluding carboxylic acids is 1. The highest BCUT2D eigenvalue weighted by molar-refractivity contribution is 5.82. The summed E-state index contributed by atoms with van der Waals surface area (Å²) in [6.45, 7) is 4.52. The zero-order valence-electron chi connectivity index (χ0n) is 10.8. The van der Waals surface area contributed by atoms with Gasteiger partial charge < -0.3 is 15.7 Å². The lowest BCUT2D eigenvalue weighted by Gasteiger charge is -2.28. The number of nitrogens with two attached hydrogens (primary N) is 1. The molecule has 0 fully saturated rings. The number of aliphatic carboxylic acids is 1. The molecule has 0 aliphatic rings. The molecule has 0 radical (unpaired) electrons. The molecule has 0 aliphatic carbocycles. The Labute approximate surface area is 103 Å². The van der Waals surface area contributed by atoms with Gasteiger partial charge in [-0.25, -0.2) is 4.79 Å². The van der Waals surface area contributed by atoms with Crippen LogP contribution in [0.3, 0.4) is 0 Å².